The van der Waals surface area contributed by atoms with Gasteiger partial charge in [0.2, 0.25) is 5.91 Å². The van der Waals surface area contributed by atoms with Crippen molar-refractivity contribution in [3.63, 3.8) is 0 Å². The van der Waals surface area contributed by atoms with Crippen molar-refractivity contribution < 1.29 is 9.59 Å². The molecule has 0 aromatic carbocycles. The van der Waals surface area contributed by atoms with Gasteiger partial charge in [-0.05, 0) is 49.5 Å². The van der Waals surface area contributed by atoms with Crippen molar-refractivity contribution in [2.75, 3.05) is 19.6 Å². The lowest BCUT2D eigenvalue weighted by molar-refractivity contribution is -0.121. The summed E-state index contributed by atoms with van der Waals surface area (Å²) in [6.07, 6.45) is 13.9. The number of fused-ring (bicyclic) bond motifs is 1. The summed E-state index contributed by atoms with van der Waals surface area (Å²) < 4.78 is 0. The van der Waals surface area contributed by atoms with Crippen molar-refractivity contribution in [1.82, 2.24) is 20.2 Å². The summed E-state index contributed by atoms with van der Waals surface area (Å²) in [6.45, 7) is 2.31. The summed E-state index contributed by atoms with van der Waals surface area (Å²) in [6, 6.07) is 4.94. The molecule has 0 bridgehead atoms. The highest BCUT2D eigenvalue weighted by atomic mass is 16.2. The first kappa shape index (κ1) is 20.2. The van der Waals surface area contributed by atoms with E-state index in [1.165, 1.54) is 0 Å². The maximum atomic E-state index is 12.5. The van der Waals surface area contributed by atoms with Crippen LogP contribution in [0.5, 0.6) is 0 Å². The Morgan fingerprint density at radius 2 is 1.80 bits per heavy atom. The third kappa shape index (κ3) is 4.90. The van der Waals surface area contributed by atoms with Gasteiger partial charge in [0, 0.05) is 55.2 Å². The number of piperidine rings is 1. The molecule has 0 spiro atoms. The Hall–Kier alpha value is -3.09. The Balaban J connectivity index is 1.12. The van der Waals surface area contributed by atoms with Gasteiger partial charge in [-0.25, -0.2) is 0 Å². The number of unbranched alkanes of at least 4 members (excludes halogenated alkanes) is 1. The van der Waals surface area contributed by atoms with Crippen molar-refractivity contribution >= 4 is 17.9 Å². The van der Waals surface area contributed by atoms with Crippen molar-refractivity contribution in [3.8, 4) is 0 Å². The zero-order valence-electron chi connectivity index (χ0n) is 17.0. The number of rotatable bonds is 7. The highest BCUT2D eigenvalue weighted by molar-refractivity contribution is 5.94. The predicted molar refractivity (Wildman–Crippen MR) is 113 cm³/mol. The van der Waals surface area contributed by atoms with Crippen molar-refractivity contribution in [1.29, 1.82) is 0 Å². The summed E-state index contributed by atoms with van der Waals surface area (Å²) in [5, 5.41) is 4.75. The van der Waals surface area contributed by atoms with Gasteiger partial charge in [-0.15, -0.1) is 0 Å². The van der Waals surface area contributed by atoms with Crippen LogP contribution in [0, 0.1) is 5.92 Å². The summed E-state index contributed by atoms with van der Waals surface area (Å²) >= 11 is 0. The monoisotopic (exact) mass is 405 g/mol. The fourth-order valence-corrected chi connectivity index (χ4v) is 4.11. The van der Waals surface area contributed by atoms with E-state index in [-0.39, 0.29) is 11.8 Å². The van der Waals surface area contributed by atoms with Gasteiger partial charge in [-0.1, -0.05) is 12.8 Å². The summed E-state index contributed by atoms with van der Waals surface area (Å²) in [7, 11) is 0. The number of likely N-dealkylation sites (tertiary alicyclic amines) is 1. The van der Waals surface area contributed by atoms with Crippen LogP contribution in [0.25, 0.3) is 6.08 Å². The number of hydrogen-bond acceptors (Lipinski definition) is 5. The molecule has 1 saturated heterocycles. The first-order valence-electron chi connectivity index (χ1n) is 10.7. The minimum absolute atomic E-state index is 0.0471. The largest absolute Gasteiger partial charge is 0.354 e. The molecule has 2 aliphatic rings. The van der Waals surface area contributed by atoms with Gasteiger partial charge in [0.15, 0.2) is 0 Å². The van der Waals surface area contributed by atoms with Crippen LogP contribution in [0.1, 0.15) is 42.5 Å². The van der Waals surface area contributed by atoms with Crippen LogP contribution in [-0.2, 0) is 4.79 Å². The smallest absolute Gasteiger partial charge is 0.253 e. The Morgan fingerprint density at radius 3 is 2.57 bits per heavy atom. The van der Waals surface area contributed by atoms with Crippen LogP contribution in [0.2, 0.25) is 0 Å². The van der Waals surface area contributed by atoms with Crippen molar-refractivity contribution in [3.05, 3.63) is 59.1 Å². The molecule has 30 heavy (non-hydrogen) atoms. The molecule has 1 unspecified atom stereocenters. The molecule has 7 heteroatoms. The minimum Gasteiger partial charge on any atom is -0.354 e. The lowest BCUT2D eigenvalue weighted by Crippen LogP contribution is -2.38. The second-order valence-electron chi connectivity index (χ2n) is 7.93. The fourth-order valence-electron chi connectivity index (χ4n) is 4.11. The van der Waals surface area contributed by atoms with E-state index >= 15 is 0 Å². The van der Waals surface area contributed by atoms with Gasteiger partial charge in [0.25, 0.3) is 5.91 Å². The molecule has 0 saturated carbocycles. The van der Waals surface area contributed by atoms with Crippen molar-refractivity contribution in [2.45, 2.75) is 38.1 Å². The lowest BCUT2D eigenvalue weighted by atomic mass is 9.91. The van der Waals surface area contributed by atoms with Crippen molar-refractivity contribution in [2.24, 2.45) is 10.9 Å². The zero-order chi connectivity index (χ0) is 20.8. The Labute approximate surface area is 175 Å². The maximum Gasteiger partial charge on any atom is 0.253 e. The highest BCUT2D eigenvalue weighted by Gasteiger charge is 2.23. The highest BCUT2D eigenvalue weighted by Crippen LogP contribution is 2.23. The van der Waals surface area contributed by atoms with E-state index in [0.717, 1.165) is 55.8 Å². The molecular formula is C23H27N5O2. The number of hydrogen-bond donors (Lipinski definition) is 1. The molecule has 2 aliphatic heterocycles. The van der Waals surface area contributed by atoms with Crippen LogP contribution in [0.3, 0.4) is 0 Å². The molecule has 2 aromatic heterocycles. The Morgan fingerprint density at radius 1 is 1.03 bits per heavy atom. The van der Waals surface area contributed by atoms with Gasteiger partial charge in [-0.3, -0.25) is 24.5 Å². The Kier molecular flexibility index (Phi) is 6.47. The number of aromatic nitrogens is 2. The molecule has 0 aliphatic carbocycles. The minimum atomic E-state index is -0.438. The second kappa shape index (κ2) is 9.61. The standard InChI is InChI=1S/C23H27N5O2/c29-22(21-15-19-16-25-12-6-20(19)27-21)26-9-2-1-3-17-7-13-28(14-8-17)23(30)18-4-10-24-11-5-18/h4-6,10-12,15-17,21H,1-3,7-9,13-14H2,(H,26,29). The van der Waals surface area contributed by atoms with E-state index < -0.39 is 6.04 Å². The van der Waals surface area contributed by atoms with E-state index in [1.54, 1.807) is 36.9 Å². The predicted octanol–water partition coefficient (Wildman–Crippen LogP) is 1.10. The number of carbonyl (C=O) groups is 2. The zero-order valence-corrected chi connectivity index (χ0v) is 17.0. The maximum absolute atomic E-state index is 12.5. The van der Waals surface area contributed by atoms with E-state index in [0.29, 0.717) is 18.0 Å². The molecule has 0 radical (unpaired) electrons. The summed E-state index contributed by atoms with van der Waals surface area (Å²) in [4.78, 5) is 39.2. The SMILES string of the molecule is O=C(NCCCCC1CCN(C(=O)c2ccncc2)CC1)C1C=c2cnccc2=N1. The molecule has 1 N–H and O–H groups in total. The number of carbonyl (C=O) groups excluding carboxylic acids is 2. The molecule has 4 rings (SSSR count). The van der Waals surface area contributed by atoms with Gasteiger partial charge >= 0.3 is 0 Å². The lowest BCUT2D eigenvalue weighted by Gasteiger charge is -2.32. The van der Waals surface area contributed by atoms with E-state index in [9.17, 15) is 9.59 Å². The normalized spacial score (nSPS) is 18.3. The van der Waals surface area contributed by atoms with Crippen LogP contribution in [0.15, 0.2) is 48.0 Å². The summed E-state index contributed by atoms with van der Waals surface area (Å²) in [5.41, 5.74) is 0.713. The van der Waals surface area contributed by atoms with Crippen LogP contribution < -0.4 is 15.9 Å². The van der Waals surface area contributed by atoms with Crippen LogP contribution >= 0.6 is 0 Å². The molecule has 156 valence electrons. The summed E-state index contributed by atoms with van der Waals surface area (Å²) in [5.74, 6) is 0.710. The van der Waals surface area contributed by atoms with Gasteiger partial charge in [-0.2, -0.15) is 0 Å². The number of amides is 2. The quantitative estimate of drug-likeness (QED) is 0.699. The number of pyridine rings is 2. The van der Waals surface area contributed by atoms with Crippen LogP contribution in [-0.4, -0.2) is 52.4 Å². The van der Waals surface area contributed by atoms with Crippen LogP contribution in [0.4, 0.5) is 0 Å². The molecule has 4 heterocycles. The Bertz CT molecular complexity index is 965. The fraction of sp³-hybridized carbons (Fsp3) is 0.435. The molecule has 7 nitrogen and oxygen atoms in total. The molecule has 2 amide bonds. The number of nitrogens with zero attached hydrogens (tertiary/aromatic N) is 4. The first-order valence-corrected chi connectivity index (χ1v) is 10.7. The molecule has 1 fully saturated rings. The van der Waals surface area contributed by atoms with Gasteiger partial charge in [0.1, 0.15) is 6.04 Å². The number of nitrogens with one attached hydrogen (secondary N) is 1. The van der Waals surface area contributed by atoms with E-state index in [2.05, 4.69) is 20.3 Å². The average Bonchev–Trinajstić information content (AvgIpc) is 3.24. The molecular weight excluding hydrogens is 378 g/mol. The topological polar surface area (TPSA) is 87.5 Å². The first-order chi connectivity index (χ1) is 14.7. The van der Waals surface area contributed by atoms with Gasteiger partial charge in [0.05, 0.1) is 5.36 Å². The van der Waals surface area contributed by atoms with E-state index in [4.69, 9.17) is 0 Å². The second-order valence-corrected chi connectivity index (χ2v) is 7.93. The van der Waals surface area contributed by atoms with Gasteiger partial charge < -0.3 is 10.2 Å². The third-order valence-corrected chi connectivity index (χ3v) is 5.88. The molecule has 1 atom stereocenters. The van der Waals surface area contributed by atoms with E-state index in [1.807, 2.05) is 17.0 Å². The molecule has 2 aromatic rings. The third-order valence-electron chi connectivity index (χ3n) is 5.88. The average molecular weight is 406 g/mol.